The zero-order valence-electron chi connectivity index (χ0n) is 7.32. The molecule has 1 heterocycles. The Balaban J connectivity index is 2.58. The van der Waals surface area contributed by atoms with Crippen LogP contribution in [0.15, 0.2) is 18.5 Å². The topological polar surface area (TPSA) is 42.9 Å². The van der Waals surface area contributed by atoms with Crippen molar-refractivity contribution in [1.29, 1.82) is 0 Å². The molecule has 0 amide bonds. The van der Waals surface area contributed by atoms with Crippen LogP contribution < -0.4 is 0 Å². The fraction of sp³-hybridized carbons (Fsp3) is 0.444. The number of aromatic nitrogens is 2. The van der Waals surface area contributed by atoms with Gasteiger partial charge >= 0.3 is 0 Å². The Labute approximate surface area is 71.9 Å². The normalized spacial score (nSPS) is 12.5. The second-order valence-corrected chi connectivity index (χ2v) is 2.88. The Morgan fingerprint density at radius 1 is 1.50 bits per heavy atom. The molecule has 3 nitrogen and oxygen atoms in total. The number of rotatable bonds is 3. The highest BCUT2D eigenvalue weighted by molar-refractivity contribution is 5.78. The molecule has 0 saturated carbocycles. The first-order valence-electron chi connectivity index (χ1n) is 3.96. The maximum absolute atomic E-state index is 10.9. The average Bonchev–Trinajstić information content (AvgIpc) is 2.06. The predicted octanol–water partition coefficient (Wildman–Crippen LogP) is 1.24. The summed E-state index contributed by atoms with van der Waals surface area (Å²) in [7, 11) is 0. The highest BCUT2D eigenvalue weighted by Crippen LogP contribution is 2.03. The summed E-state index contributed by atoms with van der Waals surface area (Å²) in [6, 6.07) is 1.77. The highest BCUT2D eigenvalue weighted by Gasteiger charge is 2.09. The Bertz CT molecular complexity index is 258. The molecule has 0 spiro atoms. The van der Waals surface area contributed by atoms with Gasteiger partial charge in [-0.2, -0.15) is 0 Å². The molecule has 1 unspecified atom stereocenters. The molecular formula is C9H12N2O. The van der Waals surface area contributed by atoms with Crippen LogP contribution in [0.1, 0.15) is 19.7 Å². The van der Waals surface area contributed by atoms with E-state index in [1.165, 1.54) is 0 Å². The van der Waals surface area contributed by atoms with Crippen LogP contribution in [0.4, 0.5) is 0 Å². The fourth-order valence-electron chi connectivity index (χ4n) is 0.853. The average molecular weight is 164 g/mol. The molecule has 0 saturated heterocycles. The van der Waals surface area contributed by atoms with Crippen molar-refractivity contribution in [3.05, 3.63) is 24.3 Å². The molecule has 1 atom stereocenters. The van der Waals surface area contributed by atoms with E-state index in [0.717, 1.165) is 5.82 Å². The Morgan fingerprint density at radius 3 is 2.58 bits per heavy atom. The van der Waals surface area contributed by atoms with Gasteiger partial charge in [0.15, 0.2) is 0 Å². The van der Waals surface area contributed by atoms with Crippen LogP contribution in [0.3, 0.4) is 0 Å². The lowest BCUT2D eigenvalue weighted by Gasteiger charge is -2.04. The van der Waals surface area contributed by atoms with Crippen molar-refractivity contribution in [3.8, 4) is 0 Å². The number of Topliss-reactive ketones (excluding diaryl/α,β-unsaturated/α-hetero) is 1. The summed E-state index contributed by atoms with van der Waals surface area (Å²) in [5.41, 5.74) is 0. The maximum Gasteiger partial charge on any atom is 0.133 e. The van der Waals surface area contributed by atoms with Crippen LogP contribution in [0.5, 0.6) is 0 Å². The zero-order chi connectivity index (χ0) is 8.97. The van der Waals surface area contributed by atoms with E-state index < -0.39 is 0 Å². The molecule has 12 heavy (non-hydrogen) atoms. The Hall–Kier alpha value is -1.25. The monoisotopic (exact) mass is 164 g/mol. The van der Waals surface area contributed by atoms with Crippen LogP contribution >= 0.6 is 0 Å². The third-order valence-electron chi connectivity index (χ3n) is 1.80. The van der Waals surface area contributed by atoms with E-state index >= 15 is 0 Å². The minimum Gasteiger partial charge on any atom is -0.300 e. The molecule has 0 aromatic carbocycles. The van der Waals surface area contributed by atoms with E-state index in [1.807, 2.05) is 6.92 Å². The molecule has 3 heteroatoms. The number of carbonyl (C=O) groups is 1. The van der Waals surface area contributed by atoms with E-state index in [4.69, 9.17) is 0 Å². The lowest BCUT2D eigenvalue weighted by atomic mass is 10.0. The molecule has 0 radical (unpaired) electrons. The van der Waals surface area contributed by atoms with Crippen LogP contribution in [0, 0.1) is 5.92 Å². The van der Waals surface area contributed by atoms with Gasteiger partial charge in [0.25, 0.3) is 0 Å². The second-order valence-electron chi connectivity index (χ2n) is 2.88. The van der Waals surface area contributed by atoms with Crippen molar-refractivity contribution in [2.24, 2.45) is 5.92 Å². The third-order valence-corrected chi connectivity index (χ3v) is 1.80. The predicted molar refractivity (Wildman–Crippen MR) is 45.6 cm³/mol. The van der Waals surface area contributed by atoms with Gasteiger partial charge in [-0.1, -0.05) is 6.92 Å². The molecule has 0 bridgehead atoms. The smallest absolute Gasteiger partial charge is 0.133 e. The zero-order valence-corrected chi connectivity index (χ0v) is 7.32. The van der Waals surface area contributed by atoms with E-state index in [-0.39, 0.29) is 11.7 Å². The van der Waals surface area contributed by atoms with E-state index in [9.17, 15) is 4.79 Å². The largest absolute Gasteiger partial charge is 0.300 e. The van der Waals surface area contributed by atoms with Crippen molar-refractivity contribution in [3.63, 3.8) is 0 Å². The standard InChI is InChI=1S/C9H12N2O/c1-7(8(2)12)6-9-10-4-3-5-11-9/h3-5,7H,6H2,1-2H3. The Kier molecular flexibility index (Phi) is 2.91. The maximum atomic E-state index is 10.9. The van der Waals surface area contributed by atoms with E-state index in [0.29, 0.717) is 6.42 Å². The van der Waals surface area contributed by atoms with Crippen molar-refractivity contribution < 1.29 is 4.79 Å². The van der Waals surface area contributed by atoms with Crippen molar-refractivity contribution >= 4 is 5.78 Å². The van der Waals surface area contributed by atoms with Gasteiger partial charge in [-0.05, 0) is 13.0 Å². The van der Waals surface area contributed by atoms with Gasteiger partial charge in [-0.3, -0.25) is 4.79 Å². The molecule has 0 aliphatic carbocycles. The van der Waals surface area contributed by atoms with Gasteiger partial charge in [0, 0.05) is 24.7 Å². The number of nitrogens with zero attached hydrogens (tertiary/aromatic N) is 2. The van der Waals surface area contributed by atoms with Gasteiger partial charge in [-0.25, -0.2) is 9.97 Å². The second kappa shape index (κ2) is 3.95. The van der Waals surface area contributed by atoms with Crippen LogP contribution in [-0.2, 0) is 11.2 Å². The van der Waals surface area contributed by atoms with Crippen LogP contribution in [0.25, 0.3) is 0 Å². The first-order valence-corrected chi connectivity index (χ1v) is 3.96. The molecule has 1 aromatic heterocycles. The molecule has 1 aromatic rings. The van der Waals surface area contributed by atoms with E-state index in [1.54, 1.807) is 25.4 Å². The van der Waals surface area contributed by atoms with Crippen molar-refractivity contribution in [2.45, 2.75) is 20.3 Å². The van der Waals surface area contributed by atoms with Gasteiger partial charge in [0.05, 0.1) is 0 Å². The van der Waals surface area contributed by atoms with E-state index in [2.05, 4.69) is 9.97 Å². The lowest BCUT2D eigenvalue weighted by Crippen LogP contribution is -2.11. The van der Waals surface area contributed by atoms with Gasteiger partial charge < -0.3 is 0 Å². The summed E-state index contributed by atoms with van der Waals surface area (Å²) in [6.07, 6.45) is 4.01. The van der Waals surface area contributed by atoms with Crippen LogP contribution in [0.2, 0.25) is 0 Å². The quantitative estimate of drug-likeness (QED) is 0.675. The molecule has 64 valence electrons. The fourth-order valence-corrected chi connectivity index (χ4v) is 0.853. The first kappa shape index (κ1) is 8.84. The van der Waals surface area contributed by atoms with Crippen LogP contribution in [-0.4, -0.2) is 15.8 Å². The Morgan fingerprint density at radius 2 is 2.08 bits per heavy atom. The first-order chi connectivity index (χ1) is 5.70. The van der Waals surface area contributed by atoms with Crippen molar-refractivity contribution in [1.82, 2.24) is 9.97 Å². The number of hydrogen-bond acceptors (Lipinski definition) is 3. The third kappa shape index (κ3) is 2.42. The summed E-state index contributed by atoms with van der Waals surface area (Å²) in [5.74, 6) is 0.940. The molecule has 0 fully saturated rings. The summed E-state index contributed by atoms with van der Waals surface area (Å²) >= 11 is 0. The molecule has 0 N–H and O–H groups in total. The highest BCUT2D eigenvalue weighted by atomic mass is 16.1. The summed E-state index contributed by atoms with van der Waals surface area (Å²) in [6.45, 7) is 3.48. The number of hydrogen-bond donors (Lipinski definition) is 0. The molecule has 0 aliphatic rings. The lowest BCUT2D eigenvalue weighted by molar-refractivity contribution is -0.120. The number of carbonyl (C=O) groups excluding carboxylic acids is 1. The van der Waals surface area contributed by atoms with Gasteiger partial charge in [0.1, 0.15) is 11.6 Å². The minimum absolute atomic E-state index is 0.0207. The summed E-state index contributed by atoms with van der Waals surface area (Å²) in [4.78, 5) is 19.0. The van der Waals surface area contributed by atoms with Gasteiger partial charge in [0.2, 0.25) is 0 Å². The summed E-state index contributed by atoms with van der Waals surface area (Å²) < 4.78 is 0. The summed E-state index contributed by atoms with van der Waals surface area (Å²) in [5, 5.41) is 0. The van der Waals surface area contributed by atoms with Crippen molar-refractivity contribution in [2.75, 3.05) is 0 Å². The molecule has 0 aliphatic heterocycles. The number of ketones is 1. The van der Waals surface area contributed by atoms with Gasteiger partial charge in [-0.15, -0.1) is 0 Å². The molecular weight excluding hydrogens is 152 g/mol. The molecule has 1 rings (SSSR count). The SMILES string of the molecule is CC(=O)C(C)Cc1ncccn1. The minimum atomic E-state index is 0.0207.